The van der Waals surface area contributed by atoms with Crippen LogP contribution in [0.25, 0.3) is 0 Å². The Labute approximate surface area is 205 Å². The maximum Gasteiger partial charge on any atom is 0.343 e. The summed E-state index contributed by atoms with van der Waals surface area (Å²) in [6.07, 6.45) is 0. The van der Waals surface area contributed by atoms with Gasteiger partial charge < -0.3 is 19.9 Å². The van der Waals surface area contributed by atoms with Crippen molar-refractivity contribution < 1.29 is 19.0 Å². The lowest BCUT2D eigenvalue weighted by Gasteiger charge is -2.27. The van der Waals surface area contributed by atoms with Crippen molar-refractivity contribution >= 4 is 5.97 Å². The highest BCUT2D eigenvalue weighted by atomic mass is 16.5. The van der Waals surface area contributed by atoms with Crippen molar-refractivity contribution in [2.45, 2.75) is 39.0 Å². The van der Waals surface area contributed by atoms with Crippen LogP contribution in [0, 0.1) is 11.3 Å². The number of benzene rings is 3. The first-order valence-corrected chi connectivity index (χ1v) is 11.5. The zero-order valence-electron chi connectivity index (χ0n) is 20.3. The lowest BCUT2D eigenvalue weighted by Crippen LogP contribution is -2.21. The summed E-state index contributed by atoms with van der Waals surface area (Å²) in [4.78, 5) is 12.6. The van der Waals surface area contributed by atoms with Crippen LogP contribution in [0.1, 0.15) is 60.7 Å². The minimum atomic E-state index is -0.501. The van der Waals surface area contributed by atoms with Gasteiger partial charge in [-0.3, -0.25) is 0 Å². The summed E-state index contributed by atoms with van der Waals surface area (Å²) in [6.45, 7) is 8.90. The molecule has 2 N–H and O–H groups in total. The number of carbonyl (C=O) groups excluding carboxylic acids is 1. The summed E-state index contributed by atoms with van der Waals surface area (Å²) < 4.78 is 16.7. The molecule has 4 rings (SSSR count). The molecular weight excluding hydrogens is 440 g/mol. The van der Waals surface area contributed by atoms with E-state index in [0.29, 0.717) is 35.0 Å². The van der Waals surface area contributed by atoms with Crippen LogP contribution in [0.15, 0.2) is 78.2 Å². The Morgan fingerprint density at radius 3 is 2.29 bits per heavy atom. The van der Waals surface area contributed by atoms with Crippen molar-refractivity contribution in [3.63, 3.8) is 0 Å². The van der Waals surface area contributed by atoms with Crippen molar-refractivity contribution in [3.05, 3.63) is 100 Å². The third kappa shape index (κ3) is 4.99. The molecule has 35 heavy (non-hydrogen) atoms. The lowest BCUT2D eigenvalue weighted by molar-refractivity contribution is 0.0734. The van der Waals surface area contributed by atoms with Gasteiger partial charge in [-0.2, -0.15) is 5.26 Å². The molecule has 0 aromatic heterocycles. The molecule has 1 aliphatic heterocycles. The molecule has 6 nitrogen and oxygen atoms in total. The van der Waals surface area contributed by atoms with E-state index in [1.807, 2.05) is 25.1 Å². The number of nitriles is 1. The van der Waals surface area contributed by atoms with Crippen molar-refractivity contribution in [2.75, 3.05) is 6.61 Å². The third-order valence-corrected chi connectivity index (χ3v) is 5.91. The number of hydrogen-bond donors (Lipinski definition) is 1. The first-order valence-electron chi connectivity index (χ1n) is 11.5. The maximum absolute atomic E-state index is 12.6. The second kappa shape index (κ2) is 9.55. The van der Waals surface area contributed by atoms with Crippen LogP contribution in [-0.2, 0) is 5.41 Å². The van der Waals surface area contributed by atoms with Gasteiger partial charge in [-0.15, -0.1) is 0 Å². The second-order valence-corrected chi connectivity index (χ2v) is 9.34. The number of carbonyl (C=O) groups is 1. The van der Waals surface area contributed by atoms with Gasteiger partial charge in [0.1, 0.15) is 28.9 Å². The summed E-state index contributed by atoms with van der Waals surface area (Å²) in [5, 5.41) is 9.81. The third-order valence-electron chi connectivity index (χ3n) is 5.91. The van der Waals surface area contributed by atoms with E-state index in [2.05, 4.69) is 39.0 Å². The van der Waals surface area contributed by atoms with Gasteiger partial charge in [0.15, 0.2) is 0 Å². The number of nitrogens with zero attached hydrogens (tertiary/aromatic N) is 1. The van der Waals surface area contributed by atoms with E-state index in [-0.39, 0.29) is 17.2 Å². The zero-order chi connectivity index (χ0) is 25.2. The predicted molar refractivity (Wildman–Crippen MR) is 133 cm³/mol. The van der Waals surface area contributed by atoms with Crippen molar-refractivity contribution in [2.24, 2.45) is 5.73 Å². The highest BCUT2D eigenvalue weighted by Gasteiger charge is 2.31. The molecule has 0 bridgehead atoms. The van der Waals surface area contributed by atoms with Crippen LogP contribution >= 0.6 is 0 Å². The molecule has 3 aromatic rings. The molecule has 1 aliphatic rings. The Morgan fingerprint density at radius 1 is 1.03 bits per heavy atom. The number of ether oxygens (including phenoxy) is 3. The lowest BCUT2D eigenvalue weighted by atomic mass is 9.81. The topological polar surface area (TPSA) is 94.6 Å². The number of esters is 1. The fourth-order valence-corrected chi connectivity index (χ4v) is 4.04. The van der Waals surface area contributed by atoms with Crippen molar-refractivity contribution in [1.29, 1.82) is 5.26 Å². The molecule has 3 aromatic carbocycles. The quantitative estimate of drug-likeness (QED) is 0.374. The van der Waals surface area contributed by atoms with Crippen LogP contribution in [0.5, 0.6) is 17.2 Å². The fraction of sp³-hybridized carbons (Fsp3) is 0.241. The molecule has 1 heterocycles. The van der Waals surface area contributed by atoms with Gasteiger partial charge in [0.05, 0.1) is 18.1 Å². The Bertz CT molecular complexity index is 1310. The molecule has 1 atom stereocenters. The maximum atomic E-state index is 12.6. The number of hydrogen-bond acceptors (Lipinski definition) is 6. The molecule has 0 radical (unpaired) electrons. The molecule has 0 saturated heterocycles. The summed E-state index contributed by atoms with van der Waals surface area (Å²) in [5.41, 5.74) is 9.79. The minimum absolute atomic E-state index is 0.0150. The van der Waals surface area contributed by atoms with Crippen LogP contribution in [-0.4, -0.2) is 12.6 Å². The minimum Gasteiger partial charge on any atom is -0.494 e. The summed E-state index contributed by atoms with van der Waals surface area (Å²) in [7, 11) is 0. The first-order chi connectivity index (χ1) is 16.7. The number of nitrogens with two attached hydrogens (primary N) is 1. The first kappa shape index (κ1) is 23.9. The normalized spacial score (nSPS) is 15.0. The Balaban J connectivity index is 1.62. The molecule has 1 unspecified atom stereocenters. The van der Waals surface area contributed by atoms with Crippen LogP contribution in [0.3, 0.4) is 0 Å². The highest BCUT2D eigenvalue weighted by molar-refractivity contribution is 5.91. The van der Waals surface area contributed by atoms with E-state index >= 15 is 0 Å². The number of fused-ring (bicyclic) bond motifs is 1. The largest absolute Gasteiger partial charge is 0.494 e. The SMILES string of the molecule is CCOc1ccc(C(=O)Oc2ccc3c(c2)OC(N)=C(C#N)C3c2ccc(C(C)(C)C)cc2)cc1. The van der Waals surface area contributed by atoms with E-state index in [1.165, 1.54) is 5.56 Å². The molecule has 0 spiro atoms. The molecule has 6 heteroatoms. The summed E-state index contributed by atoms with van der Waals surface area (Å²) >= 11 is 0. The number of rotatable bonds is 5. The van der Waals surface area contributed by atoms with Gasteiger partial charge in [-0.1, -0.05) is 51.1 Å². The van der Waals surface area contributed by atoms with Crippen molar-refractivity contribution in [3.8, 4) is 23.3 Å². The van der Waals surface area contributed by atoms with E-state index in [9.17, 15) is 10.1 Å². The Kier molecular flexibility index (Phi) is 6.52. The van der Waals surface area contributed by atoms with Crippen LogP contribution in [0.2, 0.25) is 0 Å². The second-order valence-electron chi connectivity index (χ2n) is 9.34. The van der Waals surface area contributed by atoms with E-state index < -0.39 is 5.97 Å². The van der Waals surface area contributed by atoms with Gasteiger partial charge in [-0.25, -0.2) is 4.79 Å². The van der Waals surface area contributed by atoms with Gasteiger partial charge in [0, 0.05) is 11.6 Å². The van der Waals surface area contributed by atoms with Crippen LogP contribution in [0.4, 0.5) is 0 Å². The van der Waals surface area contributed by atoms with Gasteiger partial charge in [0.2, 0.25) is 5.88 Å². The van der Waals surface area contributed by atoms with Crippen LogP contribution < -0.4 is 19.9 Å². The molecule has 0 fully saturated rings. The average molecular weight is 469 g/mol. The van der Waals surface area contributed by atoms with E-state index in [0.717, 1.165) is 11.1 Å². The molecule has 0 aliphatic carbocycles. The highest BCUT2D eigenvalue weighted by Crippen LogP contribution is 2.43. The number of allylic oxidation sites excluding steroid dienone is 1. The monoisotopic (exact) mass is 468 g/mol. The average Bonchev–Trinajstić information content (AvgIpc) is 2.83. The molecule has 0 saturated carbocycles. The fourth-order valence-electron chi connectivity index (χ4n) is 4.04. The smallest absolute Gasteiger partial charge is 0.343 e. The Hall–Kier alpha value is -4.24. The van der Waals surface area contributed by atoms with Gasteiger partial charge in [0.25, 0.3) is 0 Å². The standard InChI is InChI=1S/C29H28N2O4/c1-5-33-21-12-8-19(9-13-21)28(32)34-22-14-15-23-25(16-22)35-27(31)24(17-30)26(23)18-6-10-20(11-7-18)29(2,3)4/h6-16,26H,5,31H2,1-4H3. The summed E-state index contributed by atoms with van der Waals surface area (Å²) in [6, 6.07) is 22.3. The predicted octanol–water partition coefficient (Wildman–Crippen LogP) is 5.82. The molecule has 0 amide bonds. The van der Waals surface area contributed by atoms with E-state index in [1.54, 1.807) is 36.4 Å². The molecule has 178 valence electrons. The van der Waals surface area contributed by atoms with Crippen molar-refractivity contribution in [1.82, 2.24) is 0 Å². The van der Waals surface area contributed by atoms with E-state index in [4.69, 9.17) is 19.9 Å². The zero-order valence-corrected chi connectivity index (χ0v) is 20.3. The summed E-state index contributed by atoms with van der Waals surface area (Å²) in [5.74, 6) is 0.609. The van der Waals surface area contributed by atoms with Gasteiger partial charge in [-0.05, 0) is 53.8 Å². The molecular formula is C29H28N2O4. The van der Waals surface area contributed by atoms with Gasteiger partial charge >= 0.3 is 5.97 Å². The Morgan fingerprint density at radius 2 is 1.69 bits per heavy atom.